The van der Waals surface area contributed by atoms with Gasteiger partial charge in [0.1, 0.15) is 5.69 Å². The minimum Gasteiger partial charge on any atom is -0.377 e. The molecule has 1 aromatic carbocycles. The molecule has 0 radical (unpaired) electrons. The lowest BCUT2D eigenvalue weighted by Crippen LogP contribution is -2.34. The van der Waals surface area contributed by atoms with Crippen molar-refractivity contribution in [1.29, 1.82) is 0 Å². The molecular formula is C11H16N3O2P. The van der Waals surface area contributed by atoms with Crippen molar-refractivity contribution in [1.82, 2.24) is 4.67 Å². The van der Waals surface area contributed by atoms with Gasteiger partial charge in [-0.1, -0.05) is 21.5 Å². The lowest BCUT2D eigenvalue weighted by atomic mass is 10.1. The van der Waals surface area contributed by atoms with Crippen LogP contribution in [0.15, 0.2) is 24.3 Å². The van der Waals surface area contributed by atoms with Crippen LogP contribution in [0.5, 0.6) is 0 Å². The minimum atomic E-state index is -0.340. The summed E-state index contributed by atoms with van der Waals surface area (Å²) in [5, 5.41) is 14.1. The predicted molar refractivity (Wildman–Crippen MR) is 71.0 cm³/mol. The van der Waals surface area contributed by atoms with Crippen molar-refractivity contribution in [2.75, 3.05) is 18.4 Å². The second-order valence-electron chi connectivity index (χ2n) is 4.23. The predicted octanol–water partition coefficient (Wildman–Crippen LogP) is 2.26. The molecule has 5 nitrogen and oxygen atoms in total. The summed E-state index contributed by atoms with van der Waals surface area (Å²) < 4.78 is 2.19. The third kappa shape index (κ3) is 3.14. The van der Waals surface area contributed by atoms with Crippen LogP contribution < -0.4 is 5.32 Å². The van der Waals surface area contributed by atoms with E-state index < -0.39 is 0 Å². The Hall–Kier alpha value is -1.19. The largest absolute Gasteiger partial charge is 0.377 e. The second-order valence-corrected chi connectivity index (χ2v) is 4.96. The van der Waals surface area contributed by atoms with Gasteiger partial charge in [0.15, 0.2) is 0 Å². The second kappa shape index (κ2) is 5.43. The Morgan fingerprint density at radius 1 is 1.35 bits per heavy atom. The van der Waals surface area contributed by atoms with Gasteiger partial charge < -0.3 is 5.32 Å². The molecule has 1 unspecified atom stereocenters. The van der Waals surface area contributed by atoms with Crippen LogP contribution in [0.1, 0.15) is 12.8 Å². The normalized spacial score (nSPS) is 17.9. The monoisotopic (exact) mass is 253 g/mol. The fraction of sp³-hybridized carbons (Fsp3) is 0.455. The molecule has 6 heteroatoms. The first-order valence-corrected chi connectivity index (χ1v) is 6.18. The molecule has 1 atom stereocenters. The van der Waals surface area contributed by atoms with E-state index in [0.29, 0.717) is 11.7 Å². The molecule has 1 fully saturated rings. The molecule has 1 saturated heterocycles. The third-order valence-corrected chi connectivity index (χ3v) is 3.51. The highest BCUT2D eigenvalue weighted by atomic mass is 31.0. The molecular weight excluding hydrogens is 237 g/mol. The van der Waals surface area contributed by atoms with Crippen molar-refractivity contribution in [2.45, 2.75) is 18.9 Å². The van der Waals surface area contributed by atoms with E-state index >= 15 is 0 Å². The van der Waals surface area contributed by atoms with Crippen LogP contribution in [0.25, 0.3) is 0 Å². The molecule has 92 valence electrons. The lowest BCUT2D eigenvalue weighted by molar-refractivity contribution is -0.384. The molecule has 1 aromatic rings. The molecule has 1 aliphatic rings. The average Bonchev–Trinajstić information content (AvgIpc) is 2.32. The van der Waals surface area contributed by atoms with Crippen molar-refractivity contribution in [3.05, 3.63) is 34.4 Å². The Morgan fingerprint density at radius 2 is 2.00 bits per heavy atom. The van der Waals surface area contributed by atoms with Gasteiger partial charge in [0.2, 0.25) is 0 Å². The van der Waals surface area contributed by atoms with Crippen LogP contribution in [0.2, 0.25) is 0 Å². The van der Waals surface area contributed by atoms with Crippen LogP contribution in [-0.2, 0) is 0 Å². The maximum Gasteiger partial charge on any atom is 0.292 e. The van der Waals surface area contributed by atoms with Gasteiger partial charge in [-0.3, -0.25) is 14.8 Å². The number of piperidine rings is 1. The van der Waals surface area contributed by atoms with E-state index in [0.717, 1.165) is 25.9 Å². The Bertz CT molecular complexity index is 405. The number of benzene rings is 1. The van der Waals surface area contributed by atoms with E-state index in [1.165, 1.54) is 6.07 Å². The number of anilines is 1. The lowest BCUT2D eigenvalue weighted by Gasteiger charge is -2.29. The van der Waals surface area contributed by atoms with Gasteiger partial charge in [-0.25, -0.2) is 0 Å². The zero-order valence-electron chi connectivity index (χ0n) is 9.50. The fourth-order valence-corrected chi connectivity index (χ4v) is 2.32. The molecule has 0 saturated carbocycles. The summed E-state index contributed by atoms with van der Waals surface area (Å²) in [4.78, 5) is 10.5. The number of para-hydroxylation sites is 2. The maximum atomic E-state index is 10.9. The Morgan fingerprint density at radius 3 is 2.65 bits per heavy atom. The fourth-order valence-electron chi connectivity index (χ4n) is 2.02. The van der Waals surface area contributed by atoms with Crippen LogP contribution in [0, 0.1) is 10.1 Å². The summed E-state index contributed by atoms with van der Waals surface area (Å²) in [6.45, 7) is 2.01. The average molecular weight is 253 g/mol. The van der Waals surface area contributed by atoms with Crippen molar-refractivity contribution in [3.63, 3.8) is 0 Å². The Balaban J connectivity index is 2.05. The van der Waals surface area contributed by atoms with Crippen LogP contribution in [0.4, 0.5) is 11.4 Å². The van der Waals surface area contributed by atoms with Crippen LogP contribution in [-0.4, -0.2) is 28.7 Å². The van der Waals surface area contributed by atoms with Gasteiger partial charge in [-0.15, -0.1) is 0 Å². The minimum absolute atomic E-state index is 0.154. The van der Waals surface area contributed by atoms with Gasteiger partial charge >= 0.3 is 0 Å². The van der Waals surface area contributed by atoms with E-state index in [9.17, 15) is 10.1 Å². The number of nitrogens with one attached hydrogen (secondary N) is 1. The number of nitro groups is 1. The molecule has 0 amide bonds. The molecule has 1 heterocycles. The van der Waals surface area contributed by atoms with E-state index in [4.69, 9.17) is 0 Å². The van der Waals surface area contributed by atoms with E-state index in [1.807, 2.05) is 6.07 Å². The Kier molecular flexibility index (Phi) is 3.92. The first-order chi connectivity index (χ1) is 8.16. The number of rotatable bonds is 3. The smallest absolute Gasteiger partial charge is 0.292 e. The summed E-state index contributed by atoms with van der Waals surface area (Å²) in [5.74, 6) is 0. The highest BCUT2D eigenvalue weighted by Gasteiger charge is 2.20. The van der Waals surface area contributed by atoms with E-state index in [-0.39, 0.29) is 10.6 Å². The highest BCUT2D eigenvalue weighted by Crippen LogP contribution is 2.26. The zero-order valence-corrected chi connectivity index (χ0v) is 10.7. The van der Waals surface area contributed by atoms with Crippen molar-refractivity contribution < 1.29 is 4.92 Å². The van der Waals surface area contributed by atoms with Gasteiger partial charge in [0.05, 0.1) is 4.92 Å². The molecule has 2 rings (SSSR count). The molecule has 0 bridgehead atoms. The molecule has 1 aliphatic heterocycles. The Labute approximate surface area is 103 Å². The zero-order chi connectivity index (χ0) is 12.3. The van der Waals surface area contributed by atoms with Gasteiger partial charge in [-0.05, 0) is 18.9 Å². The van der Waals surface area contributed by atoms with Gasteiger partial charge in [-0.2, -0.15) is 0 Å². The molecule has 0 aliphatic carbocycles. The molecule has 0 spiro atoms. The number of nitrogens with zero attached hydrogens (tertiary/aromatic N) is 2. The van der Waals surface area contributed by atoms with Crippen molar-refractivity contribution >= 4 is 20.8 Å². The van der Waals surface area contributed by atoms with Crippen molar-refractivity contribution in [3.8, 4) is 0 Å². The molecule has 1 N–H and O–H groups in total. The topological polar surface area (TPSA) is 58.4 Å². The summed E-state index contributed by atoms with van der Waals surface area (Å²) >= 11 is 0. The third-order valence-electron chi connectivity index (χ3n) is 2.99. The van der Waals surface area contributed by atoms with Crippen LogP contribution >= 0.6 is 9.39 Å². The highest BCUT2D eigenvalue weighted by molar-refractivity contribution is 7.13. The van der Waals surface area contributed by atoms with E-state index in [1.54, 1.807) is 12.1 Å². The number of hydrogen-bond acceptors (Lipinski definition) is 4. The standard InChI is InChI=1S/C11H16N3O2P/c15-14(16)11-4-2-1-3-10(11)12-9-5-7-13(17)8-6-9/h1-4,9,12H,5-8,17H2. The number of hydrogen-bond donors (Lipinski definition) is 1. The summed E-state index contributed by atoms with van der Waals surface area (Å²) in [5.41, 5.74) is 0.778. The SMILES string of the molecule is O=[N+]([O-])c1ccccc1NC1CCN(P)CC1. The first-order valence-electron chi connectivity index (χ1n) is 5.66. The van der Waals surface area contributed by atoms with Gasteiger partial charge in [0.25, 0.3) is 5.69 Å². The maximum absolute atomic E-state index is 10.9. The van der Waals surface area contributed by atoms with E-state index in [2.05, 4.69) is 19.4 Å². The summed E-state index contributed by atoms with van der Waals surface area (Å²) in [7, 11) is 2.69. The first kappa shape index (κ1) is 12.3. The van der Waals surface area contributed by atoms with Crippen LogP contribution in [0.3, 0.4) is 0 Å². The number of nitro benzene ring substituents is 1. The van der Waals surface area contributed by atoms with Crippen molar-refractivity contribution in [2.24, 2.45) is 0 Å². The molecule has 17 heavy (non-hydrogen) atoms. The van der Waals surface area contributed by atoms with Gasteiger partial charge in [0, 0.05) is 25.2 Å². The summed E-state index contributed by atoms with van der Waals surface area (Å²) in [6, 6.07) is 7.14. The quantitative estimate of drug-likeness (QED) is 0.510. The molecule has 0 aromatic heterocycles. The summed E-state index contributed by atoms with van der Waals surface area (Å²) in [6.07, 6.45) is 2.02.